The van der Waals surface area contributed by atoms with E-state index in [9.17, 15) is 22.8 Å². The third-order valence-corrected chi connectivity index (χ3v) is 6.61. The van der Waals surface area contributed by atoms with E-state index in [0.717, 1.165) is 9.80 Å². The first-order valence-electron chi connectivity index (χ1n) is 12.2. The van der Waals surface area contributed by atoms with Crippen molar-refractivity contribution in [1.29, 1.82) is 0 Å². The molecule has 3 heterocycles. The second-order valence-corrected chi connectivity index (χ2v) is 9.25. The number of para-hydroxylation sites is 1. The van der Waals surface area contributed by atoms with E-state index in [1.54, 1.807) is 36.3 Å². The predicted octanol–water partition coefficient (Wildman–Crippen LogP) is 2.97. The lowest BCUT2D eigenvalue weighted by Crippen LogP contribution is -2.49. The monoisotopic (exact) mass is 545 g/mol. The number of carbonyl (C=O) groups excluding carboxylic acids is 2. The van der Waals surface area contributed by atoms with Crippen molar-refractivity contribution in [3.05, 3.63) is 36.3 Å². The number of ether oxygens (including phenoxy) is 1. The maximum absolute atomic E-state index is 13.8. The fraction of sp³-hybridized carbons (Fsp3) is 0.417. The Bertz CT molecular complexity index is 1410. The molecule has 3 amide bonds. The van der Waals surface area contributed by atoms with Crippen LogP contribution in [0.25, 0.3) is 11.4 Å². The van der Waals surface area contributed by atoms with Crippen LogP contribution in [0.2, 0.25) is 0 Å². The number of nitrogens with zero attached hydrogens (tertiary/aromatic N) is 7. The van der Waals surface area contributed by atoms with Crippen LogP contribution in [0.1, 0.15) is 23.3 Å². The molecule has 12 nitrogen and oxygen atoms in total. The number of anilines is 3. The molecule has 1 aliphatic heterocycles. The average Bonchev–Trinajstić information content (AvgIpc) is 3.52. The van der Waals surface area contributed by atoms with Crippen molar-refractivity contribution < 1.29 is 27.5 Å². The molecule has 0 bridgehead atoms. The Morgan fingerprint density at radius 1 is 1.18 bits per heavy atom. The number of methoxy groups -OCH3 is 1. The number of aromatic nitrogens is 5. The predicted molar refractivity (Wildman–Crippen MR) is 134 cm³/mol. The zero-order valence-corrected chi connectivity index (χ0v) is 21.4. The van der Waals surface area contributed by atoms with E-state index in [2.05, 4.69) is 30.9 Å². The largest absolute Gasteiger partial charge is 0.494 e. The number of rotatable bonds is 8. The quantitative estimate of drug-likeness (QED) is 0.442. The molecule has 2 N–H and O–H groups in total. The lowest BCUT2D eigenvalue weighted by molar-refractivity contribution is -0.179. The molecule has 206 valence electrons. The van der Waals surface area contributed by atoms with Crippen LogP contribution < -0.4 is 20.3 Å². The number of hydrogen-bond donors (Lipinski definition) is 2. The Labute approximate surface area is 221 Å². The number of nitrogens with one attached hydrogen (secondary N) is 2. The molecular formula is C24H26F3N9O3. The summed E-state index contributed by atoms with van der Waals surface area (Å²) in [6.07, 6.45) is -2.13. The van der Waals surface area contributed by atoms with E-state index in [1.807, 2.05) is 0 Å². The molecule has 0 spiro atoms. The molecule has 1 aliphatic carbocycles. The molecule has 1 aromatic carbocycles. The van der Waals surface area contributed by atoms with Gasteiger partial charge in [0.2, 0.25) is 0 Å². The van der Waals surface area contributed by atoms with Crippen LogP contribution in [0.3, 0.4) is 0 Å². The van der Waals surface area contributed by atoms with Crippen molar-refractivity contribution in [2.45, 2.75) is 25.1 Å². The van der Waals surface area contributed by atoms with Crippen LogP contribution in [0.15, 0.2) is 30.6 Å². The van der Waals surface area contributed by atoms with E-state index in [1.165, 1.54) is 20.2 Å². The van der Waals surface area contributed by atoms with Gasteiger partial charge in [0, 0.05) is 33.3 Å². The van der Waals surface area contributed by atoms with Crippen LogP contribution in [0.5, 0.6) is 5.75 Å². The van der Waals surface area contributed by atoms with Crippen LogP contribution in [-0.2, 0) is 7.05 Å². The van der Waals surface area contributed by atoms with Crippen molar-refractivity contribution in [2.24, 2.45) is 13.0 Å². The summed E-state index contributed by atoms with van der Waals surface area (Å²) in [4.78, 5) is 32.0. The number of hydrogen-bond acceptors (Lipinski definition) is 8. The third-order valence-electron chi connectivity index (χ3n) is 6.61. The lowest BCUT2D eigenvalue weighted by atomic mass is 10.1. The van der Waals surface area contributed by atoms with Crippen LogP contribution in [0, 0.1) is 5.92 Å². The fourth-order valence-electron chi connectivity index (χ4n) is 4.67. The van der Waals surface area contributed by atoms with Crippen molar-refractivity contribution in [1.82, 2.24) is 35.2 Å². The van der Waals surface area contributed by atoms with Crippen molar-refractivity contribution >= 4 is 29.1 Å². The fourth-order valence-corrected chi connectivity index (χ4v) is 4.67. The Hall–Kier alpha value is -4.43. The second kappa shape index (κ2) is 10.0. The number of aryl methyl sites for hydroxylation is 1. The van der Waals surface area contributed by atoms with Crippen LogP contribution >= 0.6 is 0 Å². The zero-order chi connectivity index (χ0) is 27.9. The van der Waals surface area contributed by atoms with Gasteiger partial charge in [0.25, 0.3) is 5.91 Å². The molecule has 39 heavy (non-hydrogen) atoms. The molecule has 2 aliphatic rings. The third kappa shape index (κ3) is 5.03. The Balaban J connectivity index is 1.49. The first-order chi connectivity index (χ1) is 18.6. The van der Waals surface area contributed by atoms with Crippen LogP contribution in [0.4, 0.5) is 35.2 Å². The van der Waals surface area contributed by atoms with E-state index in [4.69, 9.17) is 4.74 Å². The van der Waals surface area contributed by atoms with Gasteiger partial charge < -0.3 is 20.3 Å². The van der Waals surface area contributed by atoms with E-state index < -0.39 is 30.1 Å². The van der Waals surface area contributed by atoms with Crippen molar-refractivity contribution in [3.8, 4) is 17.1 Å². The lowest BCUT2D eigenvalue weighted by Gasteiger charge is -2.29. The standard InChI is InChI=1S/C24H26F3N9O3/c1-28-22(37)18-16(30-15-6-4-5-14(19(15)39-3)21-29-12-34(2)33-21)11-17(31-32-18)35-9-10-36(23(35)38)20(13-7-8-13)24(25,26)27/h4-6,11-13,20H,7-10H2,1-3H3,(H,28,37)(H,30,31). The van der Waals surface area contributed by atoms with Gasteiger partial charge in [-0.3, -0.25) is 14.4 Å². The summed E-state index contributed by atoms with van der Waals surface area (Å²) >= 11 is 0. The smallest absolute Gasteiger partial charge is 0.409 e. The second-order valence-electron chi connectivity index (χ2n) is 9.25. The summed E-state index contributed by atoms with van der Waals surface area (Å²) in [5, 5.41) is 17.9. The van der Waals surface area contributed by atoms with E-state index in [-0.39, 0.29) is 30.3 Å². The highest BCUT2D eigenvalue weighted by molar-refractivity contribution is 6.00. The Morgan fingerprint density at radius 3 is 2.56 bits per heavy atom. The maximum atomic E-state index is 13.8. The highest BCUT2D eigenvalue weighted by atomic mass is 19.4. The van der Waals surface area contributed by atoms with Crippen molar-refractivity contribution in [2.75, 3.05) is 37.5 Å². The molecule has 1 unspecified atom stereocenters. The number of urea groups is 1. The maximum Gasteiger partial charge on any atom is 0.409 e. The number of alkyl halides is 3. The first-order valence-corrected chi connectivity index (χ1v) is 12.2. The first kappa shape index (κ1) is 26.2. The molecule has 1 saturated heterocycles. The van der Waals surface area contributed by atoms with Gasteiger partial charge in [0.05, 0.1) is 24.0 Å². The molecule has 2 aromatic heterocycles. The topological polar surface area (TPSA) is 130 Å². The molecule has 3 aromatic rings. The number of amides is 3. The minimum atomic E-state index is -4.53. The van der Waals surface area contributed by atoms with Gasteiger partial charge in [0.1, 0.15) is 12.4 Å². The summed E-state index contributed by atoms with van der Waals surface area (Å²) in [6.45, 7) is -0.107. The molecular weight excluding hydrogens is 519 g/mol. The van der Waals surface area contributed by atoms with Gasteiger partial charge in [0.15, 0.2) is 23.1 Å². The van der Waals surface area contributed by atoms with Crippen molar-refractivity contribution in [3.63, 3.8) is 0 Å². The Morgan fingerprint density at radius 2 is 1.95 bits per heavy atom. The molecule has 1 atom stereocenters. The summed E-state index contributed by atoms with van der Waals surface area (Å²) in [6, 6.07) is 3.97. The number of benzene rings is 1. The minimum absolute atomic E-state index is 0.00424. The van der Waals surface area contributed by atoms with E-state index in [0.29, 0.717) is 35.7 Å². The zero-order valence-electron chi connectivity index (χ0n) is 21.4. The molecule has 0 radical (unpaired) electrons. The Kier molecular flexibility index (Phi) is 6.74. The van der Waals surface area contributed by atoms with E-state index >= 15 is 0 Å². The highest BCUT2D eigenvalue weighted by Gasteiger charge is 2.55. The van der Waals surface area contributed by atoms with Gasteiger partial charge in [-0.05, 0) is 30.9 Å². The van der Waals surface area contributed by atoms with Gasteiger partial charge in [-0.2, -0.15) is 18.3 Å². The highest BCUT2D eigenvalue weighted by Crippen LogP contribution is 2.44. The average molecular weight is 546 g/mol. The molecule has 5 rings (SSSR count). The summed E-state index contributed by atoms with van der Waals surface area (Å²) < 4.78 is 48.5. The van der Waals surface area contributed by atoms with Crippen LogP contribution in [-0.4, -0.2) is 81.3 Å². The summed E-state index contributed by atoms with van der Waals surface area (Å²) in [7, 11) is 4.62. The molecule has 15 heteroatoms. The van der Waals surface area contributed by atoms with Gasteiger partial charge in [-0.1, -0.05) is 6.07 Å². The van der Waals surface area contributed by atoms with Gasteiger partial charge >= 0.3 is 12.2 Å². The number of halogens is 3. The van der Waals surface area contributed by atoms with Gasteiger partial charge in [-0.15, -0.1) is 10.2 Å². The normalized spacial score (nSPS) is 16.4. The van der Waals surface area contributed by atoms with Gasteiger partial charge in [-0.25, -0.2) is 9.78 Å². The summed E-state index contributed by atoms with van der Waals surface area (Å²) in [5.74, 6) is -0.350. The summed E-state index contributed by atoms with van der Waals surface area (Å²) in [5.41, 5.74) is 1.10. The SMILES string of the molecule is CNC(=O)c1nnc(N2CCN(C(C3CC3)C(F)(F)F)C2=O)cc1Nc1cccc(-c2ncn(C)n2)c1OC. The minimum Gasteiger partial charge on any atom is -0.494 e. The number of carbonyl (C=O) groups is 2. The molecule has 2 fully saturated rings. The molecule has 1 saturated carbocycles.